The van der Waals surface area contributed by atoms with Crippen molar-refractivity contribution in [2.24, 2.45) is 5.41 Å². The van der Waals surface area contributed by atoms with E-state index in [1.807, 2.05) is 20.8 Å². The number of hydrogen-bond donors (Lipinski definition) is 1. The summed E-state index contributed by atoms with van der Waals surface area (Å²) in [6.07, 6.45) is 2.53. The molecule has 2 rings (SSSR count). The van der Waals surface area contributed by atoms with E-state index in [0.717, 1.165) is 5.56 Å². The van der Waals surface area contributed by atoms with E-state index in [1.54, 1.807) is 24.5 Å². The average Bonchev–Trinajstić information content (AvgIpc) is 2.77. The van der Waals surface area contributed by atoms with Gasteiger partial charge in [-0.25, -0.2) is 0 Å². The lowest BCUT2D eigenvalue weighted by atomic mass is 9.89. The molecule has 1 atom stereocenters. The Morgan fingerprint density at radius 2 is 1.82 bits per heavy atom. The topological polar surface area (TPSA) is 72.0 Å². The van der Waals surface area contributed by atoms with Gasteiger partial charge in [0.2, 0.25) is 11.8 Å². The maximum Gasteiger partial charge on any atom is 0.248 e. The lowest BCUT2D eigenvalue weighted by Crippen LogP contribution is -2.18. The Hall–Kier alpha value is -1.75. The predicted molar refractivity (Wildman–Crippen MR) is 61.9 cm³/mol. The SMILES string of the molecule is CC(C)(C)[C@H](O)c1nnc(-c2ccncc2)o1. The molecule has 0 aliphatic carbocycles. The fraction of sp³-hybridized carbons (Fsp3) is 0.417. The number of aliphatic hydroxyl groups excluding tert-OH is 1. The van der Waals surface area contributed by atoms with E-state index < -0.39 is 6.10 Å². The van der Waals surface area contributed by atoms with Crippen molar-refractivity contribution in [2.45, 2.75) is 26.9 Å². The van der Waals surface area contributed by atoms with Gasteiger partial charge in [0.25, 0.3) is 0 Å². The van der Waals surface area contributed by atoms with Crippen molar-refractivity contribution >= 4 is 0 Å². The van der Waals surface area contributed by atoms with Crippen LogP contribution in [0.15, 0.2) is 28.9 Å². The Kier molecular flexibility index (Phi) is 2.93. The van der Waals surface area contributed by atoms with Crippen molar-refractivity contribution in [1.29, 1.82) is 0 Å². The molecule has 5 nitrogen and oxygen atoms in total. The molecule has 0 saturated carbocycles. The van der Waals surface area contributed by atoms with E-state index >= 15 is 0 Å². The number of aliphatic hydroxyl groups is 1. The first-order valence-electron chi connectivity index (χ1n) is 5.40. The Morgan fingerprint density at radius 1 is 1.18 bits per heavy atom. The van der Waals surface area contributed by atoms with Gasteiger partial charge in [0.1, 0.15) is 6.10 Å². The predicted octanol–water partition coefficient (Wildman–Crippen LogP) is 2.21. The van der Waals surface area contributed by atoms with Gasteiger partial charge in [-0.15, -0.1) is 10.2 Å². The molecular formula is C12H15N3O2. The molecule has 2 heterocycles. The first-order chi connectivity index (χ1) is 7.98. The van der Waals surface area contributed by atoms with Gasteiger partial charge < -0.3 is 9.52 Å². The fourth-order valence-corrected chi connectivity index (χ4v) is 1.33. The molecule has 0 saturated heterocycles. The number of hydrogen-bond acceptors (Lipinski definition) is 5. The van der Waals surface area contributed by atoms with Gasteiger partial charge in [0, 0.05) is 18.0 Å². The van der Waals surface area contributed by atoms with Crippen molar-refractivity contribution in [3.8, 4) is 11.5 Å². The second kappa shape index (κ2) is 4.25. The Balaban J connectivity index is 2.28. The molecule has 2 aromatic rings. The van der Waals surface area contributed by atoms with Crippen molar-refractivity contribution in [2.75, 3.05) is 0 Å². The summed E-state index contributed by atoms with van der Waals surface area (Å²) < 4.78 is 5.46. The maximum atomic E-state index is 10.0. The van der Waals surface area contributed by atoms with E-state index in [2.05, 4.69) is 15.2 Å². The van der Waals surface area contributed by atoms with E-state index in [0.29, 0.717) is 5.89 Å². The number of rotatable bonds is 2. The first-order valence-corrected chi connectivity index (χ1v) is 5.40. The highest BCUT2D eigenvalue weighted by Crippen LogP contribution is 2.32. The quantitative estimate of drug-likeness (QED) is 0.861. The third kappa shape index (κ3) is 2.50. The van der Waals surface area contributed by atoms with Crippen molar-refractivity contribution in [3.63, 3.8) is 0 Å². The molecule has 0 amide bonds. The summed E-state index contributed by atoms with van der Waals surface area (Å²) in [6, 6.07) is 3.56. The molecule has 0 aliphatic heterocycles. The summed E-state index contributed by atoms with van der Waals surface area (Å²) in [5.74, 6) is 0.634. The van der Waals surface area contributed by atoms with Crippen LogP contribution in [0.4, 0.5) is 0 Å². The zero-order chi connectivity index (χ0) is 12.5. The zero-order valence-corrected chi connectivity index (χ0v) is 10.1. The number of pyridine rings is 1. The molecule has 0 fully saturated rings. The van der Waals surface area contributed by atoms with Gasteiger partial charge in [-0.3, -0.25) is 4.98 Å². The van der Waals surface area contributed by atoms with Crippen molar-refractivity contribution in [3.05, 3.63) is 30.4 Å². The van der Waals surface area contributed by atoms with Crippen molar-refractivity contribution < 1.29 is 9.52 Å². The van der Waals surface area contributed by atoms with Gasteiger partial charge >= 0.3 is 0 Å². The standard InChI is InChI=1S/C12H15N3O2/c1-12(2,3)9(16)11-15-14-10(17-11)8-4-6-13-7-5-8/h4-7,9,16H,1-3H3/t9-/m1/s1. The van der Waals surface area contributed by atoms with Crippen LogP contribution in [0.3, 0.4) is 0 Å². The Labute approximate surface area is 99.5 Å². The fourth-order valence-electron chi connectivity index (χ4n) is 1.33. The van der Waals surface area contributed by atoms with Crippen LogP contribution in [0.1, 0.15) is 32.8 Å². The highest BCUT2D eigenvalue weighted by atomic mass is 16.4. The van der Waals surface area contributed by atoms with Gasteiger partial charge in [0.05, 0.1) is 0 Å². The van der Waals surface area contributed by atoms with Crippen molar-refractivity contribution in [1.82, 2.24) is 15.2 Å². The zero-order valence-electron chi connectivity index (χ0n) is 10.1. The summed E-state index contributed by atoms with van der Waals surface area (Å²) in [5, 5.41) is 17.8. The smallest absolute Gasteiger partial charge is 0.248 e. The minimum absolute atomic E-state index is 0.240. The minimum Gasteiger partial charge on any atom is -0.418 e. The molecular weight excluding hydrogens is 218 g/mol. The highest BCUT2D eigenvalue weighted by Gasteiger charge is 2.28. The van der Waals surface area contributed by atoms with Crippen LogP contribution in [0.25, 0.3) is 11.5 Å². The van der Waals surface area contributed by atoms with Gasteiger partial charge in [-0.05, 0) is 17.5 Å². The van der Waals surface area contributed by atoms with Crippen LogP contribution in [0.5, 0.6) is 0 Å². The van der Waals surface area contributed by atoms with Crippen LogP contribution in [0, 0.1) is 5.41 Å². The van der Waals surface area contributed by atoms with E-state index in [9.17, 15) is 5.11 Å². The second-order valence-electron chi connectivity index (χ2n) is 4.95. The monoisotopic (exact) mass is 233 g/mol. The minimum atomic E-state index is -0.773. The summed E-state index contributed by atoms with van der Waals surface area (Å²) in [7, 11) is 0. The van der Waals surface area contributed by atoms with Gasteiger partial charge in [0.15, 0.2) is 0 Å². The molecule has 0 aliphatic rings. The lowest BCUT2D eigenvalue weighted by Gasteiger charge is -2.22. The van der Waals surface area contributed by atoms with E-state index in [4.69, 9.17) is 4.42 Å². The molecule has 0 aromatic carbocycles. The summed E-state index contributed by atoms with van der Waals surface area (Å²) in [6.45, 7) is 5.73. The summed E-state index contributed by atoms with van der Waals surface area (Å²) >= 11 is 0. The van der Waals surface area contributed by atoms with Gasteiger partial charge in [-0.1, -0.05) is 20.8 Å². The van der Waals surface area contributed by atoms with Crippen LogP contribution >= 0.6 is 0 Å². The molecule has 0 radical (unpaired) electrons. The van der Waals surface area contributed by atoms with Crippen LogP contribution < -0.4 is 0 Å². The molecule has 5 heteroatoms. The third-order valence-electron chi connectivity index (χ3n) is 2.42. The number of aromatic nitrogens is 3. The van der Waals surface area contributed by atoms with Gasteiger partial charge in [-0.2, -0.15) is 0 Å². The molecule has 0 spiro atoms. The first kappa shape index (κ1) is 11.7. The van der Waals surface area contributed by atoms with E-state index in [-0.39, 0.29) is 11.3 Å². The highest BCUT2D eigenvalue weighted by molar-refractivity contribution is 5.50. The van der Waals surface area contributed by atoms with E-state index in [1.165, 1.54) is 0 Å². The number of nitrogens with zero attached hydrogens (tertiary/aromatic N) is 3. The molecule has 2 aromatic heterocycles. The molecule has 0 unspecified atom stereocenters. The summed E-state index contributed by atoms with van der Waals surface area (Å²) in [4.78, 5) is 3.91. The maximum absolute atomic E-state index is 10.0. The summed E-state index contributed by atoms with van der Waals surface area (Å²) in [5.41, 5.74) is 0.460. The normalized spacial score (nSPS) is 13.6. The van der Waals surface area contributed by atoms with Crippen LogP contribution in [-0.4, -0.2) is 20.3 Å². The average molecular weight is 233 g/mol. The molecule has 0 bridgehead atoms. The molecule has 17 heavy (non-hydrogen) atoms. The lowest BCUT2D eigenvalue weighted by molar-refractivity contribution is 0.0391. The molecule has 1 N–H and O–H groups in total. The third-order valence-corrected chi connectivity index (χ3v) is 2.42. The molecule has 90 valence electrons. The second-order valence-corrected chi connectivity index (χ2v) is 4.95. The largest absolute Gasteiger partial charge is 0.418 e. The Bertz CT molecular complexity index is 488. The Morgan fingerprint density at radius 3 is 2.41 bits per heavy atom. The van der Waals surface area contributed by atoms with Crippen LogP contribution in [-0.2, 0) is 0 Å². The van der Waals surface area contributed by atoms with Crippen LogP contribution in [0.2, 0.25) is 0 Å².